The number of fused-ring (bicyclic) bond motifs is 5. The summed E-state index contributed by atoms with van der Waals surface area (Å²) >= 11 is 0. The molecule has 1 heterocycles. The minimum Gasteiger partial charge on any atom is -0.455 e. The van der Waals surface area contributed by atoms with E-state index in [2.05, 4.69) is 30.3 Å². The zero-order chi connectivity index (χ0) is 28.2. The third-order valence-corrected chi connectivity index (χ3v) is 6.53. The third-order valence-electron chi connectivity index (χ3n) is 6.53. The maximum absolute atomic E-state index is 8.70. The molecule has 0 saturated heterocycles. The lowest BCUT2D eigenvalue weighted by molar-refractivity contribution is 0.673. The van der Waals surface area contributed by atoms with Crippen LogP contribution in [0.5, 0.6) is 0 Å². The van der Waals surface area contributed by atoms with E-state index in [1.54, 1.807) is 4.90 Å². The van der Waals surface area contributed by atoms with Crippen molar-refractivity contribution in [2.24, 2.45) is 0 Å². The first kappa shape index (κ1) is 16.0. The zero-order valence-electron chi connectivity index (χ0n) is 24.2. The molecule has 0 aliphatic carbocycles. The van der Waals surface area contributed by atoms with Crippen LogP contribution in [-0.2, 0) is 0 Å². The van der Waals surface area contributed by atoms with Crippen molar-refractivity contribution in [2.45, 2.75) is 0 Å². The number of anilines is 3. The minimum absolute atomic E-state index is 0.0952. The van der Waals surface area contributed by atoms with Gasteiger partial charge in [-0.15, -0.1) is 0 Å². The SMILES string of the molecule is [2H]c1c([2H])c([2H])c(N(c2ccccc2)c2cccc(-c3cccc4oc5c6ccccc6ccc5c34)c2)c([2H])c1[2H]. The molecule has 0 radical (unpaired) electrons. The highest BCUT2D eigenvalue weighted by Gasteiger charge is 2.17. The lowest BCUT2D eigenvalue weighted by Gasteiger charge is -2.26. The maximum atomic E-state index is 8.70. The van der Waals surface area contributed by atoms with Crippen LogP contribution in [0.1, 0.15) is 6.85 Å². The fraction of sp³-hybridized carbons (Fsp3) is 0. The first-order chi connectivity index (χ1) is 19.9. The molecule has 0 aliphatic heterocycles. The first-order valence-electron chi connectivity index (χ1n) is 14.3. The van der Waals surface area contributed by atoms with Gasteiger partial charge in [-0.2, -0.15) is 0 Å². The van der Waals surface area contributed by atoms with Crippen molar-refractivity contribution in [1.29, 1.82) is 0 Å². The molecule has 0 saturated carbocycles. The quantitative estimate of drug-likeness (QED) is 0.257. The van der Waals surface area contributed by atoms with Crippen molar-refractivity contribution in [1.82, 2.24) is 0 Å². The summed E-state index contributed by atoms with van der Waals surface area (Å²) in [4.78, 5) is 1.73. The second-order valence-corrected chi connectivity index (χ2v) is 8.64. The Labute approximate surface area is 216 Å². The second kappa shape index (κ2) is 8.44. The van der Waals surface area contributed by atoms with Gasteiger partial charge in [0, 0.05) is 33.2 Å². The number of rotatable bonds is 4. The van der Waals surface area contributed by atoms with E-state index in [0.717, 1.165) is 43.8 Å². The molecule has 0 unspecified atom stereocenters. The van der Waals surface area contributed by atoms with E-state index in [9.17, 15) is 0 Å². The van der Waals surface area contributed by atoms with Crippen LogP contribution >= 0.6 is 0 Å². The number of hydrogen-bond donors (Lipinski definition) is 0. The highest BCUT2D eigenvalue weighted by atomic mass is 16.3. The minimum atomic E-state index is -0.420. The summed E-state index contributed by atoms with van der Waals surface area (Å²) in [5.74, 6) is 0. The van der Waals surface area contributed by atoms with Crippen LogP contribution in [0, 0.1) is 0 Å². The molecule has 0 bridgehead atoms. The van der Waals surface area contributed by atoms with Gasteiger partial charge in [-0.05, 0) is 65.0 Å². The van der Waals surface area contributed by atoms with Gasteiger partial charge in [-0.1, -0.05) is 90.9 Å². The van der Waals surface area contributed by atoms with Crippen molar-refractivity contribution in [3.63, 3.8) is 0 Å². The summed E-state index contributed by atoms with van der Waals surface area (Å²) in [6.07, 6.45) is 0. The van der Waals surface area contributed by atoms with Crippen molar-refractivity contribution in [3.05, 3.63) is 139 Å². The molecule has 6 aromatic carbocycles. The molecule has 2 heteroatoms. The van der Waals surface area contributed by atoms with Crippen molar-refractivity contribution < 1.29 is 11.3 Å². The normalized spacial score (nSPS) is 13.3. The van der Waals surface area contributed by atoms with E-state index in [-0.39, 0.29) is 29.9 Å². The van der Waals surface area contributed by atoms with Crippen molar-refractivity contribution >= 4 is 49.8 Å². The van der Waals surface area contributed by atoms with Gasteiger partial charge in [0.15, 0.2) is 0 Å². The number of nitrogens with zero attached hydrogens (tertiary/aromatic N) is 1. The summed E-state index contributed by atoms with van der Waals surface area (Å²) in [7, 11) is 0. The van der Waals surface area contributed by atoms with Gasteiger partial charge < -0.3 is 9.32 Å². The Morgan fingerprint density at radius 3 is 2.25 bits per heavy atom. The van der Waals surface area contributed by atoms with E-state index >= 15 is 0 Å². The van der Waals surface area contributed by atoms with Gasteiger partial charge in [0.2, 0.25) is 0 Å². The molecular formula is C34H23NO. The van der Waals surface area contributed by atoms with Crippen LogP contribution in [-0.4, -0.2) is 0 Å². The van der Waals surface area contributed by atoms with Crippen molar-refractivity contribution in [3.8, 4) is 11.1 Å². The van der Waals surface area contributed by atoms with Gasteiger partial charge in [-0.25, -0.2) is 0 Å². The lowest BCUT2D eigenvalue weighted by Crippen LogP contribution is -2.09. The average molecular weight is 467 g/mol. The molecule has 0 aliphatic rings. The fourth-order valence-electron chi connectivity index (χ4n) is 4.95. The highest BCUT2D eigenvalue weighted by molar-refractivity contribution is 6.19. The van der Waals surface area contributed by atoms with Crippen LogP contribution in [0.4, 0.5) is 17.1 Å². The van der Waals surface area contributed by atoms with Crippen LogP contribution in [0.15, 0.2) is 144 Å². The predicted molar refractivity (Wildman–Crippen MR) is 151 cm³/mol. The Morgan fingerprint density at radius 2 is 1.36 bits per heavy atom. The summed E-state index contributed by atoms with van der Waals surface area (Å²) in [6.45, 7) is 0. The van der Waals surface area contributed by atoms with E-state index in [4.69, 9.17) is 11.3 Å². The number of furan rings is 1. The van der Waals surface area contributed by atoms with Gasteiger partial charge in [0.1, 0.15) is 11.2 Å². The van der Waals surface area contributed by atoms with Crippen LogP contribution < -0.4 is 4.90 Å². The lowest BCUT2D eigenvalue weighted by atomic mass is 9.97. The first-order valence-corrected chi connectivity index (χ1v) is 11.8. The Hall–Kier alpha value is -4.82. The topological polar surface area (TPSA) is 16.4 Å². The van der Waals surface area contributed by atoms with E-state index in [1.165, 1.54) is 0 Å². The molecule has 7 rings (SSSR count). The van der Waals surface area contributed by atoms with Gasteiger partial charge in [0.25, 0.3) is 0 Å². The van der Waals surface area contributed by atoms with Gasteiger partial charge in [-0.3, -0.25) is 0 Å². The zero-order valence-corrected chi connectivity index (χ0v) is 19.2. The molecule has 0 N–H and O–H groups in total. The standard InChI is InChI=1S/C34H23NO/c1-3-13-26(14-4-1)35(27-15-5-2-6-16-27)28-17-9-12-25(23-28)29-19-10-20-32-33(29)31-22-21-24-11-7-8-18-30(24)34(31)36-32/h1-23H/i1D,3D,4D,13D,14D. The Morgan fingerprint density at radius 1 is 0.583 bits per heavy atom. The molecular weight excluding hydrogens is 438 g/mol. The smallest absolute Gasteiger partial charge is 0.143 e. The monoisotopic (exact) mass is 466 g/mol. The summed E-state index contributed by atoms with van der Waals surface area (Å²) < 4.78 is 48.5. The van der Waals surface area contributed by atoms with Crippen LogP contribution in [0.25, 0.3) is 43.8 Å². The summed E-state index contributed by atoms with van der Waals surface area (Å²) in [5.41, 5.74) is 4.96. The van der Waals surface area contributed by atoms with E-state index in [1.807, 2.05) is 78.9 Å². The molecule has 170 valence electrons. The summed E-state index contributed by atoms with van der Waals surface area (Å²) in [5, 5.41) is 4.18. The largest absolute Gasteiger partial charge is 0.455 e. The molecule has 0 spiro atoms. The second-order valence-electron chi connectivity index (χ2n) is 8.64. The Bertz CT molecular complexity index is 2090. The molecule has 36 heavy (non-hydrogen) atoms. The number of hydrogen-bond acceptors (Lipinski definition) is 2. The van der Waals surface area contributed by atoms with Crippen LogP contribution in [0.2, 0.25) is 0 Å². The number of benzene rings is 6. The molecule has 0 atom stereocenters. The molecule has 1 aromatic heterocycles. The summed E-state index contributed by atoms with van der Waals surface area (Å²) in [6, 6.07) is 33.8. The number of para-hydroxylation sites is 2. The predicted octanol–water partition coefficient (Wildman–Crippen LogP) is 9.88. The maximum Gasteiger partial charge on any atom is 0.143 e. The van der Waals surface area contributed by atoms with Gasteiger partial charge >= 0.3 is 0 Å². The average Bonchev–Trinajstić information content (AvgIpc) is 3.41. The molecule has 0 amide bonds. The molecule has 7 aromatic rings. The molecule has 2 nitrogen and oxygen atoms in total. The van der Waals surface area contributed by atoms with Crippen molar-refractivity contribution in [2.75, 3.05) is 4.90 Å². The van der Waals surface area contributed by atoms with E-state index < -0.39 is 6.04 Å². The highest BCUT2D eigenvalue weighted by Crippen LogP contribution is 2.41. The van der Waals surface area contributed by atoms with Crippen LogP contribution in [0.3, 0.4) is 0 Å². The Kier molecular flexibility index (Phi) is 3.74. The molecule has 0 fully saturated rings. The fourth-order valence-corrected chi connectivity index (χ4v) is 4.95. The van der Waals surface area contributed by atoms with Gasteiger partial charge in [0.05, 0.1) is 6.85 Å². The third kappa shape index (κ3) is 3.35. The Balaban J connectivity index is 1.47. The van der Waals surface area contributed by atoms with E-state index in [0.29, 0.717) is 11.4 Å².